The van der Waals surface area contributed by atoms with Crippen molar-refractivity contribution in [3.05, 3.63) is 33.8 Å². The molecule has 1 unspecified atom stereocenters. The fourth-order valence-corrected chi connectivity index (χ4v) is 6.01. The molecule has 1 aromatic rings. The quantitative estimate of drug-likeness (QED) is 0.603. The molecule has 0 bridgehead atoms. The number of rotatable bonds is 5. The molecule has 4 rings (SSSR count). The molecule has 1 atom stereocenters. The molecule has 1 aromatic carbocycles. The zero-order valence-corrected chi connectivity index (χ0v) is 18.7. The lowest BCUT2D eigenvalue weighted by molar-refractivity contribution is 0.108. The predicted octanol–water partition coefficient (Wildman–Crippen LogP) is 5.53. The first-order valence-corrected chi connectivity index (χ1v) is 12.2. The van der Waals surface area contributed by atoms with Crippen molar-refractivity contribution < 1.29 is 0 Å². The Morgan fingerprint density at radius 2 is 1.67 bits per heavy atom. The summed E-state index contributed by atoms with van der Waals surface area (Å²) >= 11 is 3.62. The van der Waals surface area contributed by atoms with Crippen molar-refractivity contribution >= 4 is 15.9 Å². The van der Waals surface area contributed by atoms with E-state index in [1.807, 2.05) is 0 Å². The average molecular weight is 433 g/mol. The second-order valence-electron chi connectivity index (χ2n) is 9.27. The fraction of sp³-hybridized carbons (Fsp3) is 0.750. The maximum atomic E-state index is 3.62. The summed E-state index contributed by atoms with van der Waals surface area (Å²) in [4.78, 5) is 5.56. The first-order chi connectivity index (χ1) is 13.2. The van der Waals surface area contributed by atoms with Crippen LogP contribution in [0.4, 0.5) is 0 Å². The summed E-state index contributed by atoms with van der Waals surface area (Å²) in [5.41, 5.74) is 3.16. The third-order valence-corrected chi connectivity index (χ3v) is 8.17. The first-order valence-electron chi connectivity index (χ1n) is 11.4. The average Bonchev–Trinajstić information content (AvgIpc) is 2.72. The molecular weight excluding hydrogens is 396 g/mol. The predicted molar refractivity (Wildman–Crippen MR) is 118 cm³/mol. The minimum Gasteiger partial charge on any atom is -0.303 e. The van der Waals surface area contributed by atoms with Crippen LogP contribution in [0.15, 0.2) is 22.7 Å². The summed E-state index contributed by atoms with van der Waals surface area (Å²) in [5.74, 6) is 1.98. The normalized spacial score (nSPS) is 26.2. The molecule has 0 saturated carbocycles. The number of hydrogen-bond acceptors (Lipinski definition) is 2. The zero-order chi connectivity index (χ0) is 18.6. The Balaban J connectivity index is 1.19. The van der Waals surface area contributed by atoms with E-state index in [0.29, 0.717) is 0 Å². The molecule has 0 radical (unpaired) electrons. The molecule has 2 nitrogen and oxygen atoms in total. The van der Waals surface area contributed by atoms with E-state index in [1.54, 1.807) is 11.1 Å². The van der Waals surface area contributed by atoms with E-state index < -0.39 is 0 Å². The molecule has 2 saturated heterocycles. The molecule has 3 heteroatoms. The molecular formula is C24H37BrN2. The zero-order valence-electron chi connectivity index (χ0n) is 17.1. The number of nitrogens with zero attached hydrogens (tertiary/aromatic N) is 2. The molecule has 1 aliphatic carbocycles. The van der Waals surface area contributed by atoms with Gasteiger partial charge >= 0.3 is 0 Å². The summed E-state index contributed by atoms with van der Waals surface area (Å²) in [7, 11) is 0. The minimum absolute atomic E-state index is 0.785. The van der Waals surface area contributed by atoms with Crippen LogP contribution in [0.1, 0.15) is 63.0 Å². The van der Waals surface area contributed by atoms with E-state index in [-0.39, 0.29) is 0 Å². The third-order valence-electron chi connectivity index (χ3n) is 7.67. The number of hydrogen-bond donors (Lipinski definition) is 0. The van der Waals surface area contributed by atoms with Gasteiger partial charge in [-0.25, -0.2) is 0 Å². The number of aryl methyl sites for hydroxylation is 1. The van der Waals surface area contributed by atoms with E-state index in [4.69, 9.17) is 0 Å². The maximum absolute atomic E-state index is 3.62. The first kappa shape index (κ1) is 19.9. The van der Waals surface area contributed by atoms with Gasteiger partial charge in [0.25, 0.3) is 0 Å². The number of likely N-dealkylation sites (tertiary alicyclic amines) is 2. The van der Waals surface area contributed by atoms with E-state index >= 15 is 0 Å². The van der Waals surface area contributed by atoms with Gasteiger partial charge < -0.3 is 9.80 Å². The summed E-state index contributed by atoms with van der Waals surface area (Å²) < 4.78 is 1.24. The van der Waals surface area contributed by atoms with Crippen molar-refractivity contribution in [3.63, 3.8) is 0 Å². The smallest absolute Gasteiger partial charge is 0.0178 e. The Hall–Kier alpha value is -0.380. The van der Waals surface area contributed by atoms with Gasteiger partial charge in [-0.2, -0.15) is 0 Å². The second-order valence-corrected chi connectivity index (χ2v) is 10.2. The van der Waals surface area contributed by atoms with E-state index in [0.717, 1.165) is 17.9 Å². The van der Waals surface area contributed by atoms with Gasteiger partial charge in [0.2, 0.25) is 0 Å². The van der Waals surface area contributed by atoms with Crippen molar-refractivity contribution in [3.8, 4) is 0 Å². The number of piperidine rings is 2. The third kappa shape index (κ3) is 5.16. The standard InChI is InChI=1S/C24H37BrN2/c1-2-19-7-12-26(13-8-19)14-9-20-10-15-27(16-11-20)24-6-4-21-17-23(25)5-3-22(21)18-24/h3,5,17,19-20,24H,2,4,6-16,18H2,1H3. The summed E-state index contributed by atoms with van der Waals surface area (Å²) in [6, 6.07) is 7.69. The van der Waals surface area contributed by atoms with E-state index in [1.165, 1.54) is 95.0 Å². The highest BCUT2D eigenvalue weighted by atomic mass is 79.9. The second kappa shape index (κ2) is 9.41. The van der Waals surface area contributed by atoms with Crippen molar-refractivity contribution in [2.75, 3.05) is 32.7 Å². The lowest BCUT2D eigenvalue weighted by Gasteiger charge is -2.40. The highest BCUT2D eigenvalue weighted by Crippen LogP contribution is 2.30. The Labute approximate surface area is 174 Å². The SMILES string of the molecule is CCC1CCN(CCC2CCN(C3CCc4cc(Br)ccc4C3)CC2)CC1. The van der Waals surface area contributed by atoms with E-state index in [9.17, 15) is 0 Å². The topological polar surface area (TPSA) is 6.48 Å². The Kier molecular flexibility index (Phi) is 6.94. The van der Waals surface area contributed by atoms with Gasteiger partial charge in [0.05, 0.1) is 0 Å². The fourth-order valence-electron chi connectivity index (χ4n) is 5.61. The lowest BCUT2D eigenvalue weighted by Crippen LogP contribution is -2.44. The highest BCUT2D eigenvalue weighted by Gasteiger charge is 2.28. The van der Waals surface area contributed by atoms with Crippen LogP contribution in [0.3, 0.4) is 0 Å². The number of halogens is 1. The van der Waals surface area contributed by atoms with Crippen LogP contribution in [0.25, 0.3) is 0 Å². The van der Waals surface area contributed by atoms with Crippen molar-refractivity contribution in [1.82, 2.24) is 9.80 Å². The molecule has 0 amide bonds. The van der Waals surface area contributed by atoms with Crippen LogP contribution in [0.2, 0.25) is 0 Å². The molecule has 2 heterocycles. The Bertz CT molecular complexity index is 600. The van der Waals surface area contributed by atoms with Crippen molar-refractivity contribution in [2.24, 2.45) is 11.8 Å². The number of benzene rings is 1. The Morgan fingerprint density at radius 3 is 2.41 bits per heavy atom. The van der Waals surface area contributed by atoms with Crippen LogP contribution in [0, 0.1) is 11.8 Å². The van der Waals surface area contributed by atoms with E-state index in [2.05, 4.69) is 50.9 Å². The molecule has 0 N–H and O–H groups in total. The summed E-state index contributed by atoms with van der Waals surface area (Å²) in [5, 5.41) is 0. The molecule has 150 valence electrons. The van der Waals surface area contributed by atoms with Gasteiger partial charge in [-0.3, -0.25) is 0 Å². The van der Waals surface area contributed by atoms with Gasteiger partial charge in [-0.1, -0.05) is 35.3 Å². The van der Waals surface area contributed by atoms with Crippen LogP contribution >= 0.6 is 15.9 Å². The molecule has 0 aromatic heterocycles. The van der Waals surface area contributed by atoms with Gasteiger partial charge in [-0.15, -0.1) is 0 Å². The van der Waals surface area contributed by atoms with Crippen LogP contribution in [-0.4, -0.2) is 48.6 Å². The molecule has 2 fully saturated rings. The van der Waals surface area contributed by atoms with Gasteiger partial charge in [0.1, 0.15) is 0 Å². The highest BCUT2D eigenvalue weighted by molar-refractivity contribution is 9.10. The summed E-state index contributed by atoms with van der Waals surface area (Å²) in [6.07, 6.45) is 12.4. The van der Waals surface area contributed by atoms with Crippen LogP contribution in [-0.2, 0) is 12.8 Å². The molecule has 2 aliphatic heterocycles. The van der Waals surface area contributed by atoms with Crippen molar-refractivity contribution in [1.29, 1.82) is 0 Å². The van der Waals surface area contributed by atoms with Crippen LogP contribution in [0.5, 0.6) is 0 Å². The molecule has 0 spiro atoms. The van der Waals surface area contributed by atoms with Gasteiger partial charge in [-0.05, 0) is 119 Å². The van der Waals surface area contributed by atoms with Gasteiger partial charge in [0.15, 0.2) is 0 Å². The largest absolute Gasteiger partial charge is 0.303 e. The monoisotopic (exact) mass is 432 g/mol. The molecule has 27 heavy (non-hydrogen) atoms. The maximum Gasteiger partial charge on any atom is 0.0178 e. The van der Waals surface area contributed by atoms with Crippen LogP contribution < -0.4 is 0 Å². The lowest BCUT2D eigenvalue weighted by atomic mass is 9.85. The summed E-state index contributed by atoms with van der Waals surface area (Å²) in [6.45, 7) is 9.09. The molecule has 3 aliphatic rings. The Morgan fingerprint density at radius 1 is 0.926 bits per heavy atom. The minimum atomic E-state index is 0.785. The van der Waals surface area contributed by atoms with Gasteiger partial charge in [0, 0.05) is 10.5 Å². The number of fused-ring (bicyclic) bond motifs is 1. The van der Waals surface area contributed by atoms with Crippen molar-refractivity contribution in [2.45, 2.75) is 70.8 Å².